The summed E-state index contributed by atoms with van der Waals surface area (Å²) in [5.41, 5.74) is -0.0485. The van der Waals surface area contributed by atoms with Crippen LogP contribution in [0.2, 0.25) is 0 Å². The fourth-order valence-electron chi connectivity index (χ4n) is 1.03. The number of rotatable bonds is 5. The van der Waals surface area contributed by atoms with E-state index < -0.39 is 5.97 Å². The van der Waals surface area contributed by atoms with Gasteiger partial charge in [0.25, 0.3) is 0 Å². The number of carboxylic acids is 1. The molecular formula is C8H17NO2. The number of nitrogens with one attached hydrogen (secondary N) is 1. The summed E-state index contributed by atoms with van der Waals surface area (Å²) in [6.45, 7) is 6.16. The van der Waals surface area contributed by atoms with Crippen molar-refractivity contribution in [2.45, 2.75) is 39.2 Å². The molecule has 11 heavy (non-hydrogen) atoms. The molecular weight excluding hydrogens is 142 g/mol. The summed E-state index contributed by atoms with van der Waals surface area (Å²) in [6, 6.07) is 0. The van der Waals surface area contributed by atoms with Gasteiger partial charge in [-0.15, -0.1) is 0 Å². The van der Waals surface area contributed by atoms with Crippen LogP contribution in [0.3, 0.4) is 0 Å². The first kappa shape index (κ1) is 10.4. The second-order valence-electron chi connectivity index (χ2n) is 3.38. The van der Waals surface area contributed by atoms with E-state index in [1.807, 2.05) is 13.8 Å². The van der Waals surface area contributed by atoms with Gasteiger partial charge in [0.15, 0.2) is 0 Å². The Hall–Kier alpha value is -0.570. The number of hydrogen-bond donors (Lipinski definition) is 2. The monoisotopic (exact) mass is 159 g/mol. The smallest absolute Gasteiger partial charge is 0.317 e. The number of carbonyl (C=O) groups is 1. The summed E-state index contributed by atoms with van der Waals surface area (Å²) in [5.74, 6) is -0.797. The Morgan fingerprint density at radius 3 is 2.45 bits per heavy atom. The quantitative estimate of drug-likeness (QED) is 0.634. The molecule has 0 aliphatic carbocycles. The lowest BCUT2D eigenvalue weighted by atomic mass is 9.99. The summed E-state index contributed by atoms with van der Waals surface area (Å²) < 4.78 is 0. The van der Waals surface area contributed by atoms with Crippen molar-refractivity contribution in [1.82, 2.24) is 5.32 Å². The number of hydrogen-bond acceptors (Lipinski definition) is 2. The average molecular weight is 159 g/mol. The Morgan fingerprint density at radius 2 is 2.09 bits per heavy atom. The molecule has 0 saturated heterocycles. The Kier molecular flexibility index (Phi) is 4.11. The molecule has 2 N–H and O–H groups in total. The lowest BCUT2D eigenvalue weighted by Gasteiger charge is -2.24. The highest BCUT2D eigenvalue weighted by Crippen LogP contribution is 2.09. The van der Waals surface area contributed by atoms with Crippen molar-refractivity contribution < 1.29 is 9.90 Å². The molecule has 0 aliphatic rings. The van der Waals surface area contributed by atoms with Gasteiger partial charge in [-0.05, 0) is 20.3 Å². The van der Waals surface area contributed by atoms with Crippen molar-refractivity contribution in [3.05, 3.63) is 0 Å². The van der Waals surface area contributed by atoms with E-state index in [2.05, 4.69) is 12.2 Å². The third kappa shape index (κ3) is 5.85. The van der Waals surface area contributed by atoms with Gasteiger partial charge in [-0.2, -0.15) is 0 Å². The topological polar surface area (TPSA) is 49.3 Å². The molecule has 0 fully saturated rings. The third-order valence-electron chi connectivity index (χ3n) is 1.59. The first-order valence-electron chi connectivity index (χ1n) is 3.95. The zero-order valence-electron chi connectivity index (χ0n) is 7.48. The van der Waals surface area contributed by atoms with E-state index in [-0.39, 0.29) is 12.1 Å². The summed E-state index contributed by atoms with van der Waals surface area (Å²) in [7, 11) is 0. The summed E-state index contributed by atoms with van der Waals surface area (Å²) >= 11 is 0. The van der Waals surface area contributed by atoms with Gasteiger partial charge in [-0.1, -0.05) is 13.3 Å². The number of carboxylic acid groups (broad SMARTS) is 1. The molecule has 0 aliphatic heterocycles. The molecule has 0 saturated carbocycles. The van der Waals surface area contributed by atoms with Crippen LogP contribution in [-0.4, -0.2) is 23.2 Å². The zero-order chi connectivity index (χ0) is 8.91. The third-order valence-corrected chi connectivity index (χ3v) is 1.59. The fourth-order valence-corrected chi connectivity index (χ4v) is 1.03. The minimum Gasteiger partial charge on any atom is -0.480 e. The van der Waals surface area contributed by atoms with E-state index in [1.54, 1.807) is 0 Å². The van der Waals surface area contributed by atoms with E-state index in [0.29, 0.717) is 0 Å². The van der Waals surface area contributed by atoms with Crippen LogP contribution in [0.5, 0.6) is 0 Å². The molecule has 3 nitrogen and oxygen atoms in total. The largest absolute Gasteiger partial charge is 0.480 e. The molecule has 0 unspecified atom stereocenters. The van der Waals surface area contributed by atoms with Gasteiger partial charge in [0.05, 0.1) is 6.54 Å². The van der Waals surface area contributed by atoms with Crippen LogP contribution in [0, 0.1) is 0 Å². The minimum atomic E-state index is -0.797. The van der Waals surface area contributed by atoms with Crippen molar-refractivity contribution in [2.24, 2.45) is 0 Å². The van der Waals surface area contributed by atoms with Gasteiger partial charge >= 0.3 is 5.97 Å². The average Bonchev–Trinajstić information content (AvgIpc) is 1.84. The Morgan fingerprint density at radius 1 is 1.55 bits per heavy atom. The zero-order valence-corrected chi connectivity index (χ0v) is 7.48. The molecule has 0 heterocycles. The first-order valence-corrected chi connectivity index (χ1v) is 3.95. The lowest BCUT2D eigenvalue weighted by Crippen LogP contribution is -2.41. The highest BCUT2D eigenvalue weighted by molar-refractivity contribution is 5.69. The van der Waals surface area contributed by atoms with E-state index >= 15 is 0 Å². The SMILES string of the molecule is CCCC(C)(C)NCC(=O)O. The van der Waals surface area contributed by atoms with Crippen molar-refractivity contribution in [3.63, 3.8) is 0 Å². The van der Waals surface area contributed by atoms with Crippen LogP contribution in [-0.2, 0) is 4.79 Å². The Bertz CT molecular complexity index is 132. The summed E-state index contributed by atoms with van der Waals surface area (Å²) in [4.78, 5) is 10.2. The Labute approximate surface area is 67.8 Å². The summed E-state index contributed by atoms with van der Waals surface area (Å²) in [5, 5.41) is 11.3. The van der Waals surface area contributed by atoms with Gasteiger partial charge in [-0.25, -0.2) is 0 Å². The van der Waals surface area contributed by atoms with Crippen LogP contribution in [0.15, 0.2) is 0 Å². The van der Waals surface area contributed by atoms with Crippen molar-refractivity contribution >= 4 is 5.97 Å². The van der Waals surface area contributed by atoms with Crippen LogP contribution >= 0.6 is 0 Å². The van der Waals surface area contributed by atoms with E-state index in [4.69, 9.17) is 5.11 Å². The molecule has 0 atom stereocenters. The first-order chi connectivity index (χ1) is 4.98. The van der Waals surface area contributed by atoms with Crippen molar-refractivity contribution in [1.29, 1.82) is 0 Å². The van der Waals surface area contributed by atoms with Gasteiger partial charge in [0, 0.05) is 5.54 Å². The maximum Gasteiger partial charge on any atom is 0.317 e. The number of aliphatic carboxylic acids is 1. The molecule has 0 spiro atoms. The van der Waals surface area contributed by atoms with Crippen LogP contribution in [0.1, 0.15) is 33.6 Å². The van der Waals surface area contributed by atoms with Crippen molar-refractivity contribution in [2.75, 3.05) is 6.54 Å². The minimum absolute atomic E-state index is 0.0485. The fraction of sp³-hybridized carbons (Fsp3) is 0.875. The molecule has 0 aromatic rings. The van der Waals surface area contributed by atoms with Crippen LogP contribution in [0.4, 0.5) is 0 Å². The molecule has 0 radical (unpaired) electrons. The normalized spacial score (nSPS) is 11.5. The standard InChI is InChI=1S/C8H17NO2/c1-4-5-8(2,3)9-6-7(10)11/h9H,4-6H2,1-3H3,(H,10,11). The predicted molar refractivity (Wildman–Crippen MR) is 44.6 cm³/mol. The predicted octanol–water partition coefficient (Wildman–Crippen LogP) is 1.24. The molecule has 66 valence electrons. The highest BCUT2D eigenvalue weighted by atomic mass is 16.4. The van der Waals surface area contributed by atoms with Crippen LogP contribution < -0.4 is 5.32 Å². The Balaban J connectivity index is 3.63. The second kappa shape index (κ2) is 4.34. The van der Waals surface area contributed by atoms with E-state index in [9.17, 15) is 4.79 Å². The second-order valence-corrected chi connectivity index (χ2v) is 3.38. The highest BCUT2D eigenvalue weighted by Gasteiger charge is 2.15. The molecule has 0 aromatic carbocycles. The molecule has 0 amide bonds. The van der Waals surface area contributed by atoms with Gasteiger partial charge in [-0.3, -0.25) is 4.79 Å². The van der Waals surface area contributed by atoms with Gasteiger partial charge in [0.2, 0.25) is 0 Å². The molecule has 0 aromatic heterocycles. The maximum atomic E-state index is 10.2. The van der Waals surface area contributed by atoms with Crippen LogP contribution in [0.25, 0.3) is 0 Å². The van der Waals surface area contributed by atoms with Gasteiger partial charge in [0.1, 0.15) is 0 Å². The lowest BCUT2D eigenvalue weighted by molar-refractivity contribution is -0.136. The maximum absolute atomic E-state index is 10.2. The molecule has 0 bridgehead atoms. The van der Waals surface area contributed by atoms with Gasteiger partial charge < -0.3 is 10.4 Å². The van der Waals surface area contributed by atoms with E-state index in [0.717, 1.165) is 12.8 Å². The molecule has 3 heteroatoms. The van der Waals surface area contributed by atoms with Crippen molar-refractivity contribution in [3.8, 4) is 0 Å². The van der Waals surface area contributed by atoms with E-state index in [1.165, 1.54) is 0 Å². The molecule has 0 rings (SSSR count). The summed E-state index contributed by atoms with van der Waals surface area (Å²) in [6.07, 6.45) is 2.07.